The highest BCUT2D eigenvalue weighted by Gasteiger charge is 2.39. The van der Waals surface area contributed by atoms with Gasteiger partial charge in [0.05, 0.1) is 17.1 Å². The van der Waals surface area contributed by atoms with Crippen molar-refractivity contribution in [3.8, 4) is 5.75 Å². The van der Waals surface area contributed by atoms with E-state index in [2.05, 4.69) is 4.90 Å². The van der Waals surface area contributed by atoms with Crippen LogP contribution < -0.4 is 9.04 Å². The molecule has 28 heavy (non-hydrogen) atoms. The van der Waals surface area contributed by atoms with E-state index in [9.17, 15) is 13.2 Å². The summed E-state index contributed by atoms with van der Waals surface area (Å²) in [6.07, 6.45) is -0.864. The number of para-hydroxylation sites is 2. The Morgan fingerprint density at radius 2 is 1.61 bits per heavy atom. The fourth-order valence-electron chi connectivity index (χ4n) is 3.51. The van der Waals surface area contributed by atoms with Gasteiger partial charge < -0.3 is 14.5 Å². The van der Waals surface area contributed by atoms with Crippen LogP contribution in [0.1, 0.15) is 0 Å². The molecule has 2 aromatic carbocycles. The van der Waals surface area contributed by atoms with Crippen molar-refractivity contribution in [2.45, 2.75) is 11.0 Å². The van der Waals surface area contributed by atoms with E-state index in [1.54, 1.807) is 59.5 Å². The van der Waals surface area contributed by atoms with Crippen LogP contribution in [0.5, 0.6) is 5.75 Å². The number of rotatable bonds is 3. The Morgan fingerprint density at radius 3 is 2.32 bits per heavy atom. The summed E-state index contributed by atoms with van der Waals surface area (Å²) in [7, 11) is -1.79. The van der Waals surface area contributed by atoms with Gasteiger partial charge in [-0.25, -0.2) is 8.42 Å². The van der Waals surface area contributed by atoms with Crippen molar-refractivity contribution >= 4 is 21.6 Å². The van der Waals surface area contributed by atoms with Gasteiger partial charge in [-0.2, -0.15) is 0 Å². The van der Waals surface area contributed by atoms with Crippen LogP contribution in [0.15, 0.2) is 59.5 Å². The number of amides is 1. The summed E-state index contributed by atoms with van der Waals surface area (Å²) >= 11 is 0. The van der Waals surface area contributed by atoms with Crippen molar-refractivity contribution in [2.75, 3.05) is 44.1 Å². The second kappa shape index (κ2) is 7.44. The van der Waals surface area contributed by atoms with Gasteiger partial charge in [-0.05, 0) is 31.3 Å². The van der Waals surface area contributed by atoms with E-state index in [-0.39, 0.29) is 17.3 Å². The van der Waals surface area contributed by atoms with Gasteiger partial charge >= 0.3 is 0 Å². The Kier molecular flexibility index (Phi) is 4.99. The third kappa shape index (κ3) is 3.45. The Morgan fingerprint density at radius 1 is 0.964 bits per heavy atom. The average molecular weight is 401 g/mol. The van der Waals surface area contributed by atoms with Crippen molar-refractivity contribution in [1.29, 1.82) is 0 Å². The Hall–Kier alpha value is -2.58. The number of benzene rings is 2. The second-order valence-electron chi connectivity index (χ2n) is 7.05. The zero-order valence-electron chi connectivity index (χ0n) is 15.7. The fourth-order valence-corrected chi connectivity index (χ4v) is 5.01. The van der Waals surface area contributed by atoms with E-state index in [0.717, 1.165) is 13.1 Å². The molecule has 0 aliphatic carbocycles. The number of fused-ring (bicyclic) bond motifs is 1. The third-order valence-corrected chi connectivity index (χ3v) is 6.95. The van der Waals surface area contributed by atoms with Gasteiger partial charge in [0.1, 0.15) is 5.75 Å². The molecule has 0 spiro atoms. The molecule has 0 radical (unpaired) electrons. The number of carbonyl (C=O) groups is 1. The van der Waals surface area contributed by atoms with Crippen LogP contribution in [0.4, 0.5) is 5.69 Å². The maximum absolute atomic E-state index is 13.3. The van der Waals surface area contributed by atoms with Gasteiger partial charge in [-0.15, -0.1) is 0 Å². The van der Waals surface area contributed by atoms with Gasteiger partial charge in [0, 0.05) is 26.2 Å². The van der Waals surface area contributed by atoms with E-state index in [0.29, 0.717) is 24.5 Å². The highest BCUT2D eigenvalue weighted by molar-refractivity contribution is 7.92. The minimum atomic E-state index is -3.81. The monoisotopic (exact) mass is 401 g/mol. The summed E-state index contributed by atoms with van der Waals surface area (Å²) in [5.41, 5.74) is 0.453. The number of anilines is 1. The van der Waals surface area contributed by atoms with E-state index in [1.807, 2.05) is 7.05 Å². The number of carbonyl (C=O) groups excluding carboxylic acids is 1. The molecule has 2 aromatic rings. The molecule has 2 aliphatic rings. The van der Waals surface area contributed by atoms with Crippen LogP contribution in [0.3, 0.4) is 0 Å². The molecule has 1 amide bonds. The Balaban J connectivity index is 1.66. The molecule has 0 bridgehead atoms. The molecular formula is C20H23N3O4S. The summed E-state index contributed by atoms with van der Waals surface area (Å²) < 4.78 is 33.8. The molecule has 1 fully saturated rings. The van der Waals surface area contributed by atoms with Gasteiger partial charge in [0.15, 0.2) is 6.10 Å². The highest BCUT2D eigenvalue weighted by atomic mass is 32.2. The molecule has 7 nitrogen and oxygen atoms in total. The molecule has 1 atom stereocenters. The molecule has 8 heteroatoms. The zero-order valence-corrected chi connectivity index (χ0v) is 16.5. The Bertz CT molecular complexity index is 956. The highest BCUT2D eigenvalue weighted by Crippen LogP contribution is 2.37. The predicted octanol–water partition coefficient (Wildman–Crippen LogP) is 1.42. The standard InChI is InChI=1S/C20H23N3O4S/c1-21-11-13-22(14-12-21)20(24)19-15-23(17-9-5-6-10-18(17)27-19)28(25,26)16-7-3-2-4-8-16/h2-10,19H,11-15H2,1H3. The van der Waals surface area contributed by atoms with Crippen molar-refractivity contribution in [2.24, 2.45) is 0 Å². The van der Waals surface area contributed by atoms with E-state index >= 15 is 0 Å². The minimum absolute atomic E-state index is 0.0422. The lowest BCUT2D eigenvalue weighted by molar-refractivity contribution is -0.140. The summed E-state index contributed by atoms with van der Waals surface area (Å²) in [5.74, 6) is 0.233. The lowest BCUT2D eigenvalue weighted by atomic mass is 10.2. The quantitative estimate of drug-likeness (QED) is 0.778. The number of nitrogens with zero attached hydrogens (tertiary/aromatic N) is 3. The molecule has 1 unspecified atom stereocenters. The first kappa shape index (κ1) is 18.8. The molecule has 1 saturated heterocycles. The summed E-state index contributed by atoms with van der Waals surface area (Å²) in [6, 6.07) is 15.2. The molecular weight excluding hydrogens is 378 g/mol. The summed E-state index contributed by atoms with van der Waals surface area (Å²) in [5, 5.41) is 0. The van der Waals surface area contributed by atoms with Crippen molar-refractivity contribution < 1.29 is 17.9 Å². The first-order valence-electron chi connectivity index (χ1n) is 9.27. The number of sulfonamides is 1. The van der Waals surface area contributed by atoms with Crippen molar-refractivity contribution in [1.82, 2.24) is 9.80 Å². The molecule has 148 valence electrons. The average Bonchev–Trinajstić information content (AvgIpc) is 2.73. The molecule has 2 heterocycles. The van der Waals surface area contributed by atoms with Crippen molar-refractivity contribution in [3.05, 3.63) is 54.6 Å². The number of piperazine rings is 1. The largest absolute Gasteiger partial charge is 0.476 e. The van der Waals surface area contributed by atoms with Gasteiger partial charge in [0.25, 0.3) is 15.9 Å². The fraction of sp³-hybridized carbons (Fsp3) is 0.350. The smallest absolute Gasteiger partial charge is 0.265 e. The molecule has 0 N–H and O–H groups in total. The van der Waals surface area contributed by atoms with Crippen LogP contribution in [-0.2, 0) is 14.8 Å². The van der Waals surface area contributed by atoms with E-state index in [4.69, 9.17) is 4.74 Å². The number of ether oxygens (including phenoxy) is 1. The van der Waals surface area contributed by atoms with Gasteiger partial charge in [-0.1, -0.05) is 30.3 Å². The normalized spacial score (nSPS) is 20.4. The first-order chi connectivity index (χ1) is 13.5. The maximum atomic E-state index is 13.3. The molecule has 4 rings (SSSR count). The number of hydrogen-bond acceptors (Lipinski definition) is 5. The number of hydrogen-bond donors (Lipinski definition) is 0. The zero-order chi connectivity index (χ0) is 19.7. The Labute approximate surface area is 165 Å². The minimum Gasteiger partial charge on any atom is -0.476 e. The molecule has 2 aliphatic heterocycles. The maximum Gasteiger partial charge on any atom is 0.265 e. The first-order valence-corrected chi connectivity index (χ1v) is 10.7. The molecule has 0 saturated carbocycles. The predicted molar refractivity (Wildman–Crippen MR) is 106 cm³/mol. The lowest BCUT2D eigenvalue weighted by Gasteiger charge is -2.38. The molecule has 0 aromatic heterocycles. The number of likely N-dealkylation sites (N-methyl/N-ethyl adjacent to an activating group) is 1. The SMILES string of the molecule is CN1CCN(C(=O)C2CN(S(=O)(=O)c3ccccc3)c3ccccc3O2)CC1. The topological polar surface area (TPSA) is 70.2 Å². The third-order valence-electron chi connectivity index (χ3n) is 5.16. The van der Waals surface area contributed by atoms with Crippen LogP contribution in [0.25, 0.3) is 0 Å². The van der Waals surface area contributed by atoms with Gasteiger partial charge in [0.2, 0.25) is 0 Å². The van der Waals surface area contributed by atoms with Crippen LogP contribution in [0, 0.1) is 0 Å². The van der Waals surface area contributed by atoms with Crippen molar-refractivity contribution in [3.63, 3.8) is 0 Å². The van der Waals surface area contributed by atoms with Crippen LogP contribution >= 0.6 is 0 Å². The van der Waals surface area contributed by atoms with E-state index in [1.165, 1.54) is 4.31 Å². The van der Waals surface area contributed by atoms with E-state index < -0.39 is 16.1 Å². The van der Waals surface area contributed by atoms with Gasteiger partial charge in [-0.3, -0.25) is 9.10 Å². The lowest BCUT2D eigenvalue weighted by Crippen LogP contribution is -2.55. The summed E-state index contributed by atoms with van der Waals surface area (Å²) in [6.45, 7) is 2.77. The van der Waals surface area contributed by atoms with Crippen LogP contribution in [-0.4, -0.2) is 70.0 Å². The second-order valence-corrected chi connectivity index (χ2v) is 8.91. The van der Waals surface area contributed by atoms with Crippen LogP contribution in [0.2, 0.25) is 0 Å². The summed E-state index contributed by atoms with van der Waals surface area (Å²) in [4.78, 5) is 17.1.